The second kappa shape index (κ2) is 5.47. The molecule has 1 fully saturated rings. The topological polar surface area (TPSA) is 40.7 Å². The molecule has 1 aliphatic heterocycles. The van der Waals surface area contributed by atoms with E-state index in [9.17, 15) is 0 Å². The average molecular weight is 320 g/mol. The Morgan fingerprint density at radius 2 is 1.95 bits per heavy atom. The van der Waals surface area contributed by atoms with Crippen molar-refractivity contribution < 1.29 is 0 Å². The van der Waals surface area contributed by atoms with Gasteiger partial charge in [-0.1, -0.05) is 24.3 Å². The lowest BCUT2D eigenvalue weighted by Crippen LogP contribution is -2.26. The van der Waals surface area contributed by atoms with E-state index in [2.05, 4.69) is 62.6 Å². The van der Waals surface area contributed by atoms with Gasteiger partial charge in [0, 0.05) is 11.5 Å². The van der Waals surface area contributed by atoms with Crippen LogP contribution in [0.1, 0.15) is 30.0 Å². The third-order valence-corrected chi connectivity index (χ3v) is 4.68. The molecule has 1 aromatic heterocycles. The smallest absolute Gasteiger partial charge is 0.107 e. The number of aromatic nitrogens is 2. The third kappa shape index (κ3) is 2.47. The monoisotopic (exact) mass is 319 g/mol. The van der Waals surface area contributed by atoms with E-state index in [0.29, 0.717) is 5.92 Å². The van der Waals surface area contributed by atoms with Crippen LogP contribution in [0.15, 0.2) is 28.7 Å². The fourth-order valence-corrected chi connectivity index (χ4v) is 3.45. The molecule has 4 heteroatoms. The van der Waals surface area contributed by atoms with Crippen molar-refractivity contribution in [1.29, 1.82) is 0 Å². The molecule has 2 heterocycles. The number of benzene rings is 1. The van der Waals surface area contributed by atoms with Gasteiger partial charge in [0.1, 0.15) is 5.69 Å². The Bertz CT molecular complexity index is 571. The van der Waals surface area contributed by atoms with E-state index in [1.165, 1.54) is 29.7 Å². The zero-order valence-corrected chi connectivity index (χ0v) is 12.6. The molecule has 3 rings (SSSR count). The zero-order valence-electron chi connectivity index (χ0n) is 11.0. The number of rotatable bonds is 2. The first-order valence-electron chi connectivity index (χ1n) is 6.78. The molecule has 0 bridgehead atoms. The summed E-state index contributed by atoms with van der Waals surface area (Å²) < 4.78 is 1.13. The molecule has 0 aliphatic carbocycles. The molecule has 0 amide bonds. The average Bonchev–Trinajstić information content (AvgIpc) is 2.82. The fourth-order valence-electron chi connectivity index (χ4n) is 2.74. The van der Waals surface area contributed by atoms with Crippen molar-refractivity contribution >= 4 is 15.9 Å². The van der Waals surface area contributed by atoms with E-state index in [1.54, 1.807) is 0 Å². The van der Waals surface area contributed by atoms with Crippen LogP contribution in [0.3, 0.4) is 0 Å². The summed E-state index contributed by atoms with van der Waals surface area (Å²) in [7, 11) is 0. The van der Waals surface area contributed by atoms with Crippen molar-refractivity contribution in [2.75, 3.05) is 13.1 Å². The molecular weight excluding hydrogens is 302 g/mol. The van der Waals surface area contributed by atoms with Gasteiger partial charge < -0.3 is 5.32 Å². The Morgan fingerprint density at radius 3 is 2.68 bits per heavy atom. The Morgan fingerprint density at radius 1 is 1.21 bits per heavy atom. The molecule has 0 spiro atoms. The van der Waals surface area contributed by atoms with E-state index in [1.807, 2.05) is 0 Å². The van der Waals surface area contributed by atoms with Crippen molar-refractivity contribution in [3.63, 3.8) is 0 Å². The lowest BCUT2D eigenvalue weighted by molar-refractivity contribution is 0.452. The Kier molecular flexibility index (Phi) is 3.71. The van der Waals surface area contributed by atoms with Crippen LogP contribution in [0.4, 0.5) is 0 Å². The SMILES string of the molecule is Cc1ccccc1-c1n[nH]c(C2CCNCC2)c1Br. The first-order chi connectivity index (χ1) is 9.27. The molecule has 1 aliphatic rings. The lowest BCUT2D eigenvalue weighted by Gasteiger charge is -2.21. The highest BCUT2D eigenvalue weighted by molar-refractivity contribution is 9.10. The number of hydrogen-bond donors (Lipinski definition) is 2. The van der Waals surface area contributed by atoms with Crippen LogP contribution >= 0.6 is 15.9 Å². The Hall–Kier alpha value is -1.13. The summed E-state index contributed by atoms with van der Waals surface area (Å²) in [6.45, 7) is 4.31. The number of hydrogen-bond acceptors (Lipinski definition) is 2. The molecule has 3 nitrogen and oxygen atoms in total. The summed E-state index contributed by atoms with van der Waals surface area (Å²) in [5.41, 5.74) is 4.74. The van der Waals surface area contributed by atoms with Crippen molar-refractivity contribution in [1.82, 2.24) is 15.5 Å². The van der Waals surface area contributed by atoms with Gasteiger partial charge in [-0.05, 0) is 54.3 Å². The summed E-state index contributed by atoms with van der Waals surface area (Å²) >= 11 is 3.74. The van der Waals surface area contributed by atoms with Gasteiger partial charge in [0.25, 0.3) is 0 Å². The second-order valence-corrected chi connectivity index (χ2v) is 5.93. The highest BCUT2D eigenvalue weighted by Crippen LogP contribution is 2.36. The van der Waals surface area contributed by atoms with Gasteiger partial charge in [-0.3, -0.25) is 5.10 Å². The summed E-state index contributed by atoms with van der Waals surface area (Å²) in [4.78, 5) is 0. The van der Waals surface area contributed by atoms with Gasteiger partial charge in [-0.2, -0.15) is 5.10 Å². The van der Waals surface area contributed by atoms with Crippen molar-refractivity contribution in [3.8, 4) is 11.3 Å². The number of nitrogens with one attached hydrogen (secondary N) is 2. The minimum atomic E-state index is 0.584. The number of nitrogens with zero attached hydrogens (tertiary/aromatic N) is 1. The third-order valence-electron chi connectivity index (χ3n) is 3.88. The first-order valence-corrected chi connectivity index (χ1v) is 7.57. The zero-order chi connectivity index (χ0) is 13.2. The molecule has 2 N–H and O–H groups in total. The molecule has 19 heavy (non-hydrogen) atoms. The van der Waals surface area contributed by atoms with Gasteiger partial charge in [0.2, 0.25) is 0 Å². The summed E-state index contributed by atoms with van der Waals surface area (Å²) in [6, 6.07) is 8.38. The van der Waals surface area contributed by atoms with E-state index in [0.717, 1.165) is 23.3 Å². The molecule has 0 unspecified atom stereocenters. The summed E-state index contributed by atoms with van der Waals surface area (Å²) in [5, 5.41) is 11.2. The molecule has 0 atom stereocenters. The van der Waals surface area contributed by atoms with Crippen LogP contribution in [0.25, 0.3) is 11.3 Å². The minimum Gasteiger partial charge on any atom is -0.317 e. The van der Waals surface area contributed by atoms with E-state index < -0.39 is 0 Å². The van der Waals surface area contributed by atoms with Crippen molar-refractivity contribution in [2.45, 2.75) is 25.7 Å². The summed E-state index contributed by atoms with van der Waals surface area (Å²) in [5.74, 6) is 0.584. The molecule has 100 valence electrons. The number of piperidine rings is 1. The van der Waals surface area contributed by atoms with Crippen molar-refractivity contribution in [3.05, 3.63) is 40.0 Å². The highest BCUT2D eigenvalue weighted by atomic mass is 79.9. The number of aromatic amines is 1. The predicted molar refractivity (Wildman–Crippen MR) is 81.3 cm³/mol. The largest absolute Gasteiger partial charge is 0.317 e. The maximum Gasteiger partial charge on any atom is 0.107 e. The molecule has 2 aromatic rings. The first kappa shape index (κ1) is 12.9. The van der Waals surface area contributed by atoms with E-state index in [4.69, 9.17) is 0 Å². The molecule has 0 radical (unpaired) electrons. The molecule has 0 saturated carbocycles. The molecule has 1 saturated heterocycles. The number of halogens is 1. The Balaban J connectivity index is 1.97. The summed E-state index contributed by atoms with van der Waals surface area (Å²) in [6.07, 6.45) is 2.35. The van der Waals surface area contributed by atoms with Crippen LogP contribution in [-0.2, 0) is 0 Å². The minimum absolute atomic E-state index is 0.584. The highest BCUT2D eigenvalue weighted by Gasteiger charge is 2.22. The molecular formula is C15H18BrN3. The maximum atomic E-state index is 4.53. The standard InChI is InChI=1S/C15H18BrN3/c1-10-4-2-3-5-12(10)15-13(16)14(18-19-15)11-6-8-17-9-7-11/h2-5,11,17H,6-9H2,1H3,(H,18,19). The predicted octanol–water partition coefficient (Wildman–Crippen LogP) is 3.61. The van der Waals surface area contributed by atoms with Crippen LogP contribution < -0.4 is 5.32 Å². The van der Waals surface area contributed by atoms with E-state index in [-0.39, 0.29) is 0 Å². The normalized spacial score (nSPS) is 16.7. The van der Waals surface area contributed by atoms with Crippen molar-refractivity contribution in [2.24, 2.45) is 0 Å². The fraction of sp³-hybridized carbons (Fsp3) is 0.400. The van der Waals surface area contributed by atoms with Gasteiger partial charge >= 0.3 is 0 Å². The Labute approximate surface area is 121 Å². The number of H-pyrrole nitrogens is 1. The van der Waals surface area contributed by atoms with E-state index >= 15 is 0 Å². The van der Waals surface area contributed by atoms with Gasteiger partial charge in [0.15, 0.2) is 0 Å². The van der Waals surface area contributed by atoms with Gasteiger partial charge in [0.05, 0.1) is 10.2 Å². The quantitative estimate of drug-likeness (QED) is 0.887. The maximum absolute atomic E-state index is 4.53. The molecule has 1 aromatic carbocycles. The van der Waals surface area contributed by atoms with Gasteiger partial charge in [-0.15, -0.1) is 0 Å². The number of aryl methyl sites for hydroxylation is 1. The van der Waals surface area contributed by atoms with Crippen LogP contribution in [0.5, 0.6) is 0 Å². The second-order valence-electron chi connectivity index (χ2n) is 5.14. The lowest BCUT2D eigenvalue weighted by atomic mass is 9.94. The van der Waals surface area contributed by atoms with Crippen LogP contribution in [-0.4, -0.2) is 23.3 Å². The van der Waals surface area contributed by atoms with Gasteiger partial charge in [-0.25, -0.2) is 0 Å². The van der Waals surface area contributed by atoms with Crippen LogP contribution in [0, 0.1) is 6.92 Å². The van der Waals surface area contributed by atoms with Crippen LogP contribution in [0.2, 0.25) is 0 Å².